The van der Waals surface area contributed by atoms with Gasteiger partial charge in [0.25, 0.3) is 0 Å². The van der Waals surface area contributed by atoms with Crippen molar-refractivity contribution < 1.29 is 8.57 Å². The SMILES string of the molecule is CCCCCC1CCC(c2ccc(-c3ccc(CCCN(C)SOC)cc3)c(F)c2)CC1. The molecule has 0 amide bonds. The van der Waals surface area contributed by atoms with Crippen LogP contribution in [0.3, 0.4) is 0 Å². The number of hydrogen-bond donors (Lipinski definition) is 0. The van der Waals surface area contributed by atoms with Gasteiger partial charge in [0.1, 0.15) is 5.82 Å². The van der Waals surface area contributed by atoms with Crippen LogP contribution in [-0.2, 0) is 10.6 Å². The van der Waals surface area contributed by atoms with E-state index in [0.29, 0.717) is 11.5 Å². The normalized spacial score (nSPS) is 18.9. The summed E-state index contributed by atoms with van der Waals surface area (Å²) in [6.07, 6.45) is 12.5. The van der Waals surface area contributed by atoms with Crippen LogP contribution in [0, 0.1) is 11.7 Å². The van der Waals surface area contributed by atoms with E-state index >= 15 is 4.39 Å². The zero-order valence-corrected chi connectivity index (χ0v) is 20.9. The van der Waals surface area contributed by atoms with E-state index in [2.05, 4.69) is 41.6 Å². The molecule has 3 rings (SSSR count). The van der Waals surface area contributed by atoms with Crippen LogP contribution < -0.4 is 0 Å². The highest BCUT2D eigenvalue weighted by Gasteiger charge is 2.23. The fourth-order valence-corrected chi connectivity index (χ4v) is 5.47. The van der Waals surface area contributed by atoms with Gasteiger partial charge in [-0.15, -0.1) is 0 Å². The Labute approximate surface area is 199 Å². The summed E-state index contributed by atoms with van der Waals surface area (Å²) in [6, 6.07) is 14.3. The topological polar surface area (TPSA) is 12.5 Å². The molecule has 0 radical (unpaired) electrons. The lowest BCUT2D eigenvalue weighted by atomic mass is 9.77. The van der Waals surface area contributed by atoms with Crippen LogP contribution in [0.1, 0.15) is 81.8 Å². The van der Waals surface area contributed by atoms with E-state index in [4.69, 9.17) is 4.18 Å². The summed E-state index contributed by atoms with van der Waals surface area (Å²) in [7, 11) is 3.72. The number of hydrogen-bond acceptors (Lipinski definition) is 3. The largest absolute Gasteiger partial charge is 0.304 e. The average Bonchev–Trinajstić information content (AvgIpc) is 2.80. The van der Waals surface area contributed by atoms with Gasteiger partial charge in [-0.05, 0) is 80.2 Å². The van der Waals surface area contributed by atoms with Crippen LogP contribution in [0.25, 0.3) is 11.1 Å². The van der Waals surface area contributed by atoms with Crippen molar-refractivity contribution in [3.63, 3.8) is 0 Å². The standard InChI is InChI=1S/C28H40FNOS/c1-4-5-6-8-22-10-14-24(15-11-22)26-18-19-27(28(29)21-26)25-16-12-23(13-17-25)9-7-20-30(2)32-31-3/h12-13,16-19,21-22,24H,4-11,14-15,20H2,1-3H3. The first kappa shape index (κ1) is 25.3. The molecule has 1 aliphatic rings. The summed E-state index contributed by atoms with van der Waals surface area (Å²) in [5, 5.41) is 0. The number of benzene rings is 2. The molecule has 1 fully saturated rings. The molecule has 2 aromatic carbocycles. The third kappa shape index (κ3) is 7.60. The van der Waals surface area contributed by atoms with Crippen LogP contribution in [0.15, 0.2) is 42.5 Å². The van der Waals surface area contributed by atoms with E-state index in [0.717, 1.165) is 30.9 Å². The third-order valence-electron chi connectivity index (χ3n) is 6.93. The summed E-state index contributed by atoms with van der Waals surface area (Å²) in [5.74, 6) is 1.33. The predicted molar refractivity (Wildman–Crippen MR) is 136 cm³/mol. The second-order valence-electron chi connectivity index (χ2n) is 9.35. The molecule has 1 saturated carbocycles. The number of aryl methyl sites for hydroxylation is 1. The van der Waals surface area contributed by atoms with Crippen LogP contribution in [0.4, 0.5) is 4.39 Å². The average molecular weight is 458 g/mol. The smallest absolute Gasteiger partial charge is 0.131 e. The predicted octanol–water partition coefficient (Wildman–Crippen LogP) is 8.42. The fraction of sp³-hybridized carbons (Fsp3) is 0.571. The van der Waals surface area contributed by atoms with Gasteiger partial charge in [-0.2, -0.15) is 0 Å². The van der Waals surface area contributed by atoms with Gasteiger partial charge >= 0.3 is 0 Å². The summed E-state index contributed by atoms with van der Waals surface area (Å²) in [5.41, 5.74) is 4.15. The third-order valence-corrected chi connectivity index (χ3v) is 7.52. The highest BCUT2D eigenvalue weighted by Crippen LogP contribution is 2.39. The van der Waals surface area contributed by atoms with E-state index in [1.807, 2.05) is 13.1 Å². The first-order valence-electron chi connectivity index (χ1n) is 12.4. The van der Waals surface area contributed by atoms with Crippen molar-refractivity contribution in [2.45, 2.75) is 77.0 Å². The van der Waals surface area contributed by atoms with Crippen molar-refractivity contribution in [3.8, 4) is 11.1 Å². The van der Waals surface area contributed by atoms with E-state index in [1.165, 1.54) is 74.7 Å². The van der Waals surface area contributed by atoms with Gasteiger partial charge in [0.15, 0.2) is 0 Å². The van der Waals surface area contributed by atoms with E-state index in [9.17, 15) is 0 Å². The molecule has 176 valence electrons. The second kappa shape index (κ2) is 13.4. The maximum atomic E-state index is 15.0. The maximum absolute atomic E-state index is 15.0. The molecule has 0 bridgehead atoms. The molecule has 0 N–H and O–H groups in total. The number of nitrogens with zero attached hydrogens (tertiary/aromatic N) is 1. The van der Waals surface area contributed by atoms with Gasteiger partial charge in [0, 0.05) is 12.1 Å². The van der Waals surface area contributed by atoms with Crippen molar-refractivity contribution in [1.82, 2.24) is 4.31 Å². The minimum absolute atomic E-state index is 0.0847. The van der Waals surface area contributed by atoms with Gasteiger partial charge in [-0.1, -0.05) is 69.0 Å². The van der Waals surface area contributed by atoms with Crippen LogP contribution in [0.5, 0.6) is 0 Å². The quantitative estimate of drug-likeness (QED) is 0.180. The van der Waals surface area contributed by atoms with Crippen molar-refractivity contribution in [1.29, 1.82) is 0 Å². The molecule has 2 nitrogen and oxygen atoms in total. The van der Waals surface area contributed by atoms with Crippen molar-refractivity contribution in [3.05, 3.63) is 59.4 Å². The Morgan fingerprint density at radius 2 is 1.75 bits per heavy atom. The Hall–Kier alpha value is -1.36. The molecule has 0 aliphatic heterocycles. The van der Waals surface area contributed by atoms with E-state index in [1.54, 1.807) is 13.2 Å². The van der Waals surface area contributed by atoms with Crippen LogP contribution in [0.2, 0.25) is 0 Å². The lowest BCUT2D eigenvalue weighted by molar-refractivity contribution is 0.302. The molecule has 0 heterocycles. The minimum atomic E-state index is -0.0847. The number of unbranched alkanes of at least 4 members (excludes halogenated alkanes) is 2. The minimum Gasteiger partial charge on any atom is -0.304 e. The monoisotopic (exact) mass is 457 g/mol. The molecule has 1 aliphatic carbocycles. The first-order chi connectivity index (χ1) is 15.6. The molecular formula is C28H40FNOS. The Morgan fingerprint density at radius 3 is 2.41 bits per heavy atom. The van der Waals surface area contributed by atoms with Gasteiger partial charge in [-0.25, -0.2) is 8.70 Å². The van der Waals surface area contributed by atoms with Gasteiger partial charge in [0.2, 0.25) is 0 Å². The van der Waals surface area contributed by atoms with Gasteiger partial charge in [0.05, 0.1) is 19.3 Å². The molecular weight excluding hydrogens is 417 g/mol. The summed E-state index contributed by atoms with van der Waals surface area (Å²) < 4.78 is 22.2. The number of rotatable bonds is 12. The molecule has 0 saturated heterocycles. The van der Waals surface area contributed by atoms with Gasteiger partial charge in [-0.3, -0.25) is 0 Å². The van der Waals surface area contributed by atoms with E-state index < -0.39 is 0 Å². The van der Waals surface area contributed by atoms with E-state index in [-0.39, 0.29) is 5.82 Å². The fourth-order valence-electron chi connectivity index (χ4n) is 5.01. The lowest BCUT2D eigenvalue weighted by Gasteiger charge is -2.29. The second-order valence-corrected chi connectivity index (χ2v) is 10.5. The molecule has 2 aromatic rings. The summed E-state index contributed by atoms with van der Waals surface area (Å²) in [4.78, 5) is 0. The zero-order chi connectivity index (χ0) is 22.8. The molecule has 0 spiro atoms. The molecule has 4 heteroatoms. The molecule has 0 unspecified atom stereocenters. The highest BCUT2D eigenvalue weighted by atomic mass is 32.2. The van der Waals surface area contributed by atoms with Crippen molar-refractivity contribution >= 4 is 12.2 Å². The maximum Gasteiger partial charge on any atom is 0.131 e. The Bertz CT molecular complexity index is 802. The Kier molecular flexibility index (Phi) is 10.6. The van der Waals surface area contributed by atoms with Gasteiger partial charge < -0.3 is 4.18 Å². The molecule has 32 heavy (non-hydrogen) atoms. The van der Waals surface area contributed by atoms with Crippen molar-refractivity contribution in [2.75, 3.05) is 20.7 Å². The Morgan fingerprint density at radius 1 is 1.00 bits per heavy atom. The Balaban J connectivity index is 1.53. The molecule has 0 aromatic heterocycles. The summed E-state index contributed by atoms with van der Waals surface area (Å²) >= 11 is 1.37. The van der Waals surface area contributed by atoms with Crippen LogP contribution in [-0.4, -0.2) is 25.0 Å². The van der Waals surface area contributed by atoms with Crippen LogP contribution >= 0.6 is 12.2 Å². The highest BCUT2D eigenvalue weighted by molar-refractivity contribution is 7.92. The molecule has 0 atom stereocenters. The summed E-state index contributed by atoms with van der Waals surface area (Å²) in [6.45, 7) is 3.24. The van der Waals surface area contributed by atoms with Crippen molar-refractivity contribution in [2.24, 2.45) is 5.92 Å². The first-order valence-corrected chi connectivity index (χ1v) is 13.1. The lowest BCUT2D eigenvalue weighted by Crippen LogP contribution is -2.13. The zero-order valence-electron chi connectivity index (χ0n) is 20.1. The number of halogens is 1.